The lowest BCUT2D eigenvalue weighted by molar-refractivity contribution is 0.854. The number of benzene rings is 8. The third kappa shape index (κ3) is 5.87. The van der Waals surface area contributed by atoms with E-state index in [2.05, 4.69) is 222 Å². The molecule has 1 unspecified atom stereocenters. The fourth-order valence-corrected chi connectivity index (χ4v) is 9.98. The lowest BCUT2D eigenvalue weighted by atomic mass is 9.92. The zero-order valence-electron chi connectivity index (χ0n) is 31.3. The number of nitrogens with zero attached hydrogens (tertiary/aromatic N) is 2. The van der Waals surface area contributed by atoms with Crippen molar-refractivity contribution in [2.75, 3.05) is 4.90 Å². The van der Waals surface area contributed by atoms with Crippen molar-refractivity contribution in [2.24, 2.45) is 0 Å². The van der Waals surface area contributed by atoms with Crippen molar-refractivity contribution in [3.8, 4) is 27.9 Å². The molecule has 0 saturated heterocycles. The highest BCUT2D eigenvalue weighted by Crippen LogP contribution is 2.43. The predicted octanol–water partition coefficient (Wildman–Crippen LogP) is 15.6. The fraction of sp³-hybridized carbons (Fsp3) is 0.0370. The van der Waals surface area contributed by atoms with Crippen LogP contribution in [0, 0.1) is 0 Å². The van der Waals surface area contributed by atoms with Gasteiger partial charge in [0.2, 0.25) is 0 Å². The molecule has 3 heteroatoms. The van der Waals surface area contributed by atoms with Crippen molar-refractivity contribution < 1.29 is 0 Å². The van der Waals surface area contributed by atoms with Gasteiger partial charge in [-0.15, -0.1) is 11.3 Å². The molecule has 0 saturated carbocycles. The van der Waals surface area contributed by atoms with Crippen LogP contribution in [0.2, 0.25) is 0 Å². The summed E-state index contributed by atoms with van der Waals surface area (Å²) in [7, 11) is 0. The molecule has 0 fully saturated rings. The van der Waals surface area contributed by atoms with Crippen molar-refractivity contribution in [1.82, 2.24) is 4.57 Å². The van der Waals surface area contributed by atoms with Crippen molar-refractivity contribution >= 4 is 70.4 Å². The van der Waals surface area contributed by atoms with Gasteiger partial charge in [0.15, 0.2) is 0 Å². The van der Waals surface area contributed by atoms with Gasteiger partial charge in [-0.2, -0.15) is 0 Å². The maximum atomic E-state index is 2.40. The molecular formula is C54H38N2S. The molecular weight excluding hydrogens is 709 g/mol. The molecule has 10 aromatic rings. The Morgan fingerprint density at radius 2 is 1.16 bits per heavy atom. The second kappa shape index (κ2) is 14.0. The Morgan fingerprint density at radius 3 is 1.98 bits per heavy atom. The van der Waals surface area contributed by atoms with E-state index in [1.165, 1.54) is 69.8 Å². The van der Waals surface area contributed by atoms with Crippen molar-refractivity contribution in [3.63, 3.8) is 0 Å². The molecule has 8 aromatic carbocycles. The lowest BCUT2D eigenvalue weighted by Gasteiger charge is -2.27. The molecule has 1 aliphatic carbocycles. The monoisotopic (exact) mass is 746 g/mol. The van der Waals surface area contributed by atoms with Crippen LogP contribution < -0.4 is 4.90 Å². The van der Waals surface area contributed by atoms with Gasteiger partial charge in [0.25, 0.3) is 0 Å². The van der Waals surface area contributed by atoms with Crippen LogP contribution in [0.5, 0.6) is 0 Å². The molecule has 0 radical (unpaired) electrons. The van der Waals surface area contributed by atoms with E-state index >= 15 is 0 Å². The first-order chi connectivity index (χ1) is 28.3. The highest BCUT2D eigenvalue weighted by molar-refractivity contribution is 7.26. The topological polar surface area (TPSA) is 8.17 Å². The summed E-state index contributed by atoms with van der Waals surface area (Å²) in [4.78, 5) is 2.40. The number of rotatable bonds is 7. The van der Waals surface area contributed by atoms with Gasteiger partial charge in [-0.25, -0.2) is 0 Å². The zero-order chi connectivity index (χ0) is 37.7. The molecule has 1 aliphatic rings. The summed E-state index contributed by atoms with van der Waals surface area (Å²) in [5.41, 5.74) is 13.1. The molecule has 1 atom stereocenters. The second-order valence-electron chi connectivity index (χ2n) is 14.9. The number of para-hydroxylation sites is 2. The molecule has 2 heterocycles. The van der Waals surface area contributed by atoms with Crippen LogP contribution in [0.1, 0.15) is 17.9 Å². The molecule has 0 N–H and O–H groups in total. The second-order valence-corrected chi connectivity index (χ2v) is 15.9. The minimum atomic E-state index is 0.399. The third-order valence-electron chi connectivity index (χ3n) is 11.5. The van der Waals surface area contributed by atoms with E-state index in [-0.39, 0.29) is 0 Å². The van der Waals surface area contributed by atoms with Gasteiger partial charge < -0.3 is 9.47 Å². The molecule has 0 amide bonds. The lowest BCUT2D eigenvalue weighted by Crippen LogP contribution is -2.10. The van der Waals surface area contributed by atoms with Gasteiger partial charge >= 0.3 is 0 Å². The number of anilines is 3. The van der Waals surface area contributed by atoms with Crippen LogP contribution in [0.4, 0.5) is 17.1 Å². The molecule has 270 valence electrons. The van der Waals surface area contributed by atoms with Crippen molar-refractivity contribution in [1.29, 1.82) is 0 Å². The molecule has 57 heavy (non-hydrogen) atoms. The van der Waals surface area contributed by atoms with Gasteiger partial charge in [-0.05, 0) is 101 Å². The molecule has 0 bridgehead atoms. The largest absolute Gasteiger partial charge is 0.310 e. The Balaban J connectivity index is 1.01. The Morgan fingerprint density at radius 1 is 0.474 bits per heavy atom. The molecule has 0 aliphatic heterocycles. The average molecular weight is 747 g/mol. The molecule has 0 spiro atoms. The standard InChI is InChI=1S/C54H38N2S/c1-3-13-37(14-4-1)38-25-29-43(30-26-38)55(45-33-34-48-47-19-7-9-23-51(47)56(52(48)36-45)42-17-5-2-6-18-42)44-31-27-39(28-32-44)40-15-11-16-41(35-40)46-21-12-22-50-49-20-8-10-24-53(49)57-54(46)50/h1-13,15-37H,14H2. The number of fused-ring (bicyclic) bond motifs is 6. The first kappa shape index (κ1) is 33.4. The average Bonchev–Trinajstić information content (AvgIpc) is 3.83. The molecule has 2 nitrogen and oxygen atoms in total. The molecule has 11 rings (SSSR count). The predicted molar refractivity (Wildman–Crippen MR) is 245 cm³/mol. The van der Waals surface area contributed by atoms with Gasteiger partial charge in [0, 0.05) is 59.6 Å². The Kier molecular flexibility index (Phi) is 8.19. The highest BCUT2D eigenvalue weighted by Gasteiger charge is 2.19. The number of allylic oxidation sites excluding steroid dienone is 4. The van der Waals surface area contributed by atoms with E-state index in [1.54, 1.807) is 0 Å². The normalized spacial score (nSPS) is 13.9. The summed E-state index contributed by atoms with van der Waals surface area (Å²) in [6, 6.07) is 69.1. The number of hydrogen-bond donors (Lipinski definition) is 0. The van der Waals surface area contributed by atoms with E-state index in [1.807, 2.05) is 11.3 Å². The summed E-state index contributed by atoms with van der Waals surface area (Å²) < 4.78 is 5.06. The van der Waals surface area contributed by atoms with Crippen molar-refractivity contribution in [2.45, 2.75) is 12.3 Å². The van der Waals surface area contributed by atoms with Gasteiger partial charge in [-0.1, -0.05) is 146 Å². The van der Waals surface area contributed by atoms with Gasteiger partial charge in [0.05, 0.1) is 11.0 Å². The van der Waals surface area contributed by atoms with Crippen LogP contribution >= 0.6 is 11.3 Å². The summed E-state index contributed by atoms with van der Waals surface area (Å²) in [6.07, 6.45) is 9.90. The van der Waals surface area contributed by atoms with Crippen LogP contribution in [0.15, 0.2) is 212 Å². The Bertz CT molecular complexity index is 3150. The van der Waals surface area contributed by atoms with Gasteiger partial charge in [-0.3, -0.25) is 0 Å². The summed E-state index contributed by atoms with van der Waals surface area (Å²) >= 11 is 1.88. The molecule has 2 aromatic heterocycles. The summed E-state index contributed by atoms with van der Waals surface area (Å²) in [5.74, 6) is 0.399. The minimum Gasteiger partial charge on any atom is -0.310 e. The van der Waals surface area contributed by atoms with E-state index < -0.39 is 0 Å². The van der Waals surface area contributed by atoms with Crippen LogP contribution in [-0.4, -0.2) is 4.57 Å². The quantitative estimate of drug-likeness (QED) is 0.158. The minimum absolute atomic E-state index is 0.399. The highest BCUT2D eigenvalue weighted by atomic mass is 32.1. The maximum absolute atomic E-state index is 2.40. The number of hydrogen-bond acceptors (Lipinski definition) is 2. The zero-order valence-corrected chi connectivity index (χ0v) is 32.1. The third-order valence-corrected chi connectivity index (χ3v) is 12.7. The smallest absolute Gasteiger partial charge is 0.0561 e. The van der Waals surface area contributed by atoms with Crippen LogP contribution in [0.25, 0.3) is 69.9 Å². The summed E-state index contributed by atoms with van der Waals surface area (Å²) in [5, 5.41) is 5.15. The number of thiophene rings is 1. The fourth-order valence-electron chi connectivity index (χ4n) is 8.74. The first-order valence-corrected chi connectivity index (χ1v) is 20.5. The first-order valence-electron chi connectivity index (χ1n) is 19.7. The van der Waals surface area contributed by atoms with Gasteiger partial charge in [0.1, 0.15) is 0 Å². The van der Waals surface area contributed by atoms with E-state index in [4.69, 9.17) is 0 Å². The van der Waals surface area contributed by atoms with Crippen LogP contribution in [0.3, 0.4) is 0 Å². The van der Waals surface area contributed by atoms with E-state index in [0.717, 1.165) is 29.2 Å². The van der Waals surface area contributed by atoms with Crippen LogP contribution in [-0.2, 0) is 0 Å². The Hall–Kier alpha value is -6.94. The number of aromatic nitrogens is 1. The SMILES string of the molecule is C1=CCC(c2ccc(N(c3ccc(-c4cccc(-c5cccc6c5sc5ccccc56)c4)cc3)c3ccc4c5ccccc5n(-c5ccccc5)c4c3)cc2)C=C1. The van der Waals surface area contributed by atoms with E-state index in [0.29, 0.717) is 5.92 Å². The Labute approximate surface area is 336 Å². The van der Waals surface area contributed by atoms with E-state index in [9.17, 15) is 0 Å². The maximum Gasteiger partial charge on any atom is 0.0561 e. The van der Waals surface area contributed by atoms with Crippen molar-refractivity contribution in [3.05, 3.63) is 218 Å². The summed E-state index contributed by atoms with van der Waals surface area (Å²) in [6.45, 7) is 0.